The summed E-state index contributed by atoms with van der Waals surface area (Å²) in [5.74, 6) is 0.342. The van der Waals surface area contributed by atoms with Gasteiger partial charge in [0.05, 0.1) is 22.1 Å². The van der Waals surface area contributed by atoms with Crippen molar-refractivity contribution in [3.63, 3.8) is 0 Å². The van der Waals surface area contributed by atoms with Gasteiger partial charge < -0.3 is 10.3 Å². The van der Waals surface area contributed by atoms with Crippen LogP contribution >= 0.6 is 11.6 Å². The van der Waals surface area contributed by atoms with Gasteiger partial charge in [-0.3, -0.25) is 9.59 Å². The third kappa shape index (κ3) is 3.45. The Bertz CT molecular complexity index is 1300. The number of aromatic nitrogens is 4. The lowest BCUT2D eigenvalue weighted by Gasteiger charge is -2.28. The largest absolute Gasteiger partial charge is 0.347 e. The summed E-state index contributed by atoms with van der Waals surface area (Å²) >= 11 is 6.00. The van der Waals surface area contributed by atoms with Crippen molar-refractivity contribution >= 4 is 39.3 Å². The quantitative estimate of drug-likeness (QED) is 0.466. The number of benzene rings is 2. The van der Waals surface area contributed by atoms with E-state index < -0.39 is 0 Å². The molecular formula is C22H20ClN5O2. The number of amides is 1. The molecule has 1 fully saturated rings. The summed E-state index contributed by atoms with van der Waals surface area (Å²) in [6.45, 7) is 0. The molecule has 0 atom stereocenters. The van der Waals surface area contributed by atoms with Crippen LogP contribution in [0.3, 0.4) is 0 Å². The minimum atomic E-state index is -0.210. The van der Waals surface area contributed by atoms with Crippen LogP contribution in [0.25, 0.3) is 21.8 Å². The van der Waals surface area contributed by atoms with E-state index in [9.17, 15) is 9.59 Å². The minimum Gasteiger partial charge on any atom is -0.347 e. The van der Waals surface area contributed by atoms with Crippen LogP contribution < -0.4 is 10.9 Å². The molecule has 5 rings (SSSR count). The Morgan fingerprint density at radius 1 is 1.07 bits per heavy atom. The lowest BCUT2D eigenvalue weighted by molar-refractivity contribution is 0.0916. The first-order chi connectivity index (χ1) is 14.6. The van der Waals surface area contributed by atoms with Crippen molar-refractivity contribution in [1.82, 2.24) is 25.5 Å². The number of nitrogens with zero attached hydrogens (tertiary/aromatic N) is 2. The zero-order valence-electron chi connectivity index (χ0n) is 16.1. The number of fused-ring (bicyclic) bond motifs is 2. The van der Waals surface area contributed by atoms with E-state index in [1.165, 1.54) is 0 Å². The minimum absolute atomic E-state index is 0.0829. The summed E-state index contributed by atoms with van der Waals surface area (Å²) in [6, 6.07) is 13.0. The topological polar surface area (TPSA) is 104 Å². The molecule has 0 saturated heterocycles. The van der Waals surface area contributed by atoms with Gasteiger partial charge in [-0.25, -0.2) is 10.1 Å². The second-order valence-electron chi connectivity index (χ2n) is 7.75. The Balaban J connectivity index is 1.27. The molecule has 152 valence electrons. The number of nitrogens with one attached hydrogen (secondary N) is 3. The van der Waals surface area contributed by atoms with Crippen molar-refractivity contribution in [3.05, 3.63) is 69.4 Å². The van der Waals surface area contributed by atoms with Crippen molar-refractivity contribution in [1.29, 1.82) is 0 Å². The third-order valence-electron chi connectivity index (χ3n) is 5.83. The zero-order valence-corrected chi connectivity index (χ0v) is 16.9. The molecule has 0 unspecified atom stereocenters. The van der Waals surface area contributed by atoms with E-state index in [1.54, 1.807) is 18.2 Å². The van der Waals surface area contributed by atoms with Crippen LogP contribution in [0.5, 0.6) is 0 Å². The summed E-state index contributed by atoms with van der Waals surface area (Å²) in [5.41, 5.74) is 2.23. The molecule has 2 heterocycles. The molecule has 3 N–H and O–H groups in total. The Morgan fingerprint density at radius 2 is 1.83 bits per heavy atom. The number of H-pyrrole nitrogens is 2. The van der Waals surface area contributed by atoms with Crippen LogP contribution in [0.15, 0.2) is 47.3 Å². The second kappa shape index (κ2) is 7.57. The molecule has 0 spiro atoms. The van der Waals surface area contributed by atoms with E-state index in [1.807, 2.05) is 24.3 Å². The molecule has 1 aliphatic rings. The van der Waals surface area contributed by atoms with E-state index in [2.05, 4.69) is 25.5 Å². The van der Waals surface area contributed by atoms with Gasteiger partial charge in [0, 0.05) is 22.4 Å². The van der Waals surface area contributed by atoms with Gasteiger partial charge in [-0.05, 0) is 49.9 Å². The third-order valence-corrected chi connectivity index (χ3v) is 6.07. The van der Waals surface area contributed by atoms with E-state index in [0.717, 1.165) is 42.3 Å². The van der Waals surface area contributed by atoms with Gasteiger partial charge in [0.15, 0.2) is 5.82 Å². The molecule has 2 aromatic carbocycles. The maximum absolute atomic E-state index is 12.6. The molecule has 2 aromatic heterocycles. The van der Waals surface area contributed by atoms with E-state index in [0.29, 0.717) is 21.7 Å². The average molecular weight is 422 g/mol. The van der Waals surface area contributed by atoms with Crippen molar-refractivity contribution in [2.24, 2.45) is 0 Å². The zero-order chi connectivity index (χ0) is 20.7. The fraction of sp³-hybridized carbons (Fsp3) is 0.273. The number of carbonyl (C=O) groups excluding carboxylic acids is 1. The first kappa shape index (κ1) is 18.8. The molecule has 30 heavy (non-hydrogen) atoms. The van der Waals surface area contributed by atoms with Crippen LogP contribution in [0, 0.1) is 0 Å². The van der Waals surface area contributed by atoms with Crippen LogP contribution in [0.1, 0.15) is 47.9 Å². The fourth-order valence-electron chi connectivity index (χ4n) is 4.30. The summed E-state index contributed by atoms with van der Waals surface area (Å²) in [7, 11) is 0. The number of hydrogen-bond donors (Lipinski definition) is 3. The Morgan fingerprint density at radius 3 is 2.63 bits per heavy atom. The molecule has 4 aromatic rings. The summed E-state index contributed by atoms with van der Waals surface area (Å²) in [6.07, 6.45) is 3.47. The number of hydrogen-bond acceptors (Lipinski definition) is 4. The second-order valence-corrected chi connectivity index (χ2v) is 8.19. The molecule has 1 amide bonds. The van der Waals surface area contributed by atoms with Gasteiger partial charge in [0.1, 0.15) is 0 Å². The predicted molar refractivity (Wildman–Crippen MR) is 116 cm³/mol. The molecule has 1 saturated carbocycles. The number of halogens is 1. The van der Waals surface area contributed by atoms with Crippen molar-refractivity contribution in [2.75, 3.05) is 0 Å². The Hall–Kier alpha value is -3.19. The lowest BCUT2D eigenvalue weighted by atomic mass is 9.82. The molecule has 0 bridgehead atoms. The van der Waals surface area contributed by atoms with Crippen molar-refractivity contribution in [3.8, 4) is 0 Å². The highest BCUT2D eigenvalue weighted by atomic mass is 35.5. The molecule has 0 radical (unpaired) electrons. The smallest absolute Gasteiger partial charge is 0.287 e. The van der Waals surface area contributed by atoms with E-state index >= 15 is 0 Å². The van der Waals surface area contributed by atoms with Crippen LogP contribution in [-0.2, 0) is 0 Å². The van der Waals surface area contributed by atoms with Crippen molar-refractivity contribution < 1.29 is 4.79 Å². The summed E-state index contributed by atoms with van der Waals surface area (Å²) in [4.78, 5) is 32.1. The van der Waals surface area contributed by atoms with Crippen LogP contribution in [-0.4, -0.2) is 32.1 Å². The van der Waals surface area contributed by atoms with Crippen LogP contribution in [0.2, 0.25) is 5.02 Å². The highest BCUT2D eigenvalue weighted by Crippen LogP contribution is 2.34. The average Bonchev–Trinajstić information content (AvgIpc) is 3.18. The molecule has 8 heteroatoms. The monoisotopic (exact) mass is 421 g/mol. The van der Waals surface area contributed by atoms with E-state index in [-0.39, 0.29) is 23.4 Å². The predicted octanol–water partition coefficient (Wildman–Crippen LogP) is 3.91. The molecular weight excluding hydrogens is 402 g/mol. The van der Waals surface area contributed by atoms with Gasteiger partial charge in [-0.15, -0.1) is 0 Å². The molecule has 0 aliphatic heterocycles. The standard InChI is InChI=1S/C22H20ClN5O2/c23-13-7-10-17-18(11-13)26-20(25-17)22(30)24-14-8-5-12(6-9-14)19-15-3-1-2-4-16(15)21(29)28-27-19/h1-4,7,10-12,14H,5-6,8-9H2,(H,24,30)(H,25,26)(H,28,29). The Kier molecular flexibility index (Phi) is 4.75. The normalized spacial score (nSPS) is 19.2. The van der Waals surface area contributed by atoms with Gasteiger partial charge >= 0.3 is 0 Å². The Labute approximate surface area is 176 Å². The maximum Gasteiger partial charge on any atom is 0.287 e. The van der Waals surface area contributed by atoms with Gasteiger partial charge in [0.2, 0.25) is 0 Å². The summed E-state index contributed by atoms with van der Waals surface area (Å²) in [5, 5.41) is 12.2. The van der Waals surface area contributed by atoms with Gasteiger partial charge in [-0.1, -0.05) is 29.8 Å². The number of carbonyl (C=O) groups is 1. The highest BCUT2D eigenvalue weighted by Gasteiger charge is 2.27. The maximum atomic E-state index is 12.6. The van der Waals surface area contributed by atoms with E-state index in [4.69, 9.17) is 11.6 Å². The van der Waals surface area contributed by atoms with Crippen LogP contribution in [0.4, 0.5) is 0 Å². The molecule has 7 nitrogen and oxygen atoms in total. The number of aromatic amines is 2. The molecule has 1 aliphatic carbocycles. The van der Waals surface area contributed by atoms with Crippen molar-refractivity contribution in [2.45, 2.75) is 37.6 Å². The first-order valence-electron chi connectivity index (χ1n) is 10.0. The highest BCUT2D eigenvalue weighted by molar-refractivity contribution is 6.31. The van der Waals surface area contributed by atoms with Gasteiger partial charge in [0.25, 0.3) is 11.5 Å². The lowest BCUT2D eigenvalue weighted by Crippen LogP contribution is -2.38. The summed E-state index contributed by atoms with van der Waals surface area (Å²) < 4.78 is 0. The number of imidazole rings is 1. The number of rotatable bonds is 3. The van der Waals surface area contributed by atoms with Gasteiger partial charge in [-0.2, -0.15) is 5.10 Å². The fourth-order valence-corrected chi connectivity index (χ4v) is 4.47. The first-order valence-corrected chi connectivity index (χ1v) is 10.4. The SMILES string of the molecule is O=C(NC1CCC(c2n[nH]c(=O)c3ccccc23)CC1)c1nc2ccc(Cl)cc2[nH]1.